The molecule has 1 aliphatic heterocycles. The zero-order valence-corrected chi connectivity index (χ0v) is 15.7. The molecule has 0 aliphatic carbocycles. The van der Waals surface area contributed by atoms with Crippen LogP contribution in [0.15, 0.2) is 48.7 Å². The van der Waals surface area contributed by atoms with Gasteiger partial charge in [-0.2, -0.15) is 5.10 Å². The molecule has 0 fully saturated rings. The third-order valence-electron chi connectivity index (χ3n) is 4.18. The molecule has 1 aliphatic rings. The van der Waals surface area contributed by atoms with Gasteiger partial charge < -0.3 is 19.5 Å². The Labute approximate surface area is 166 Å². The molecule has 0 radical (unpaired) electrons. The summed E-state index contributed by atoms with van der Waals surface area (Å²) in [4.78, 5) is 12.5. The highest BCUT2D eigenvalue weighted by atomic mass is 35.5. The van der Waals surface area contributed by atoms with Gasteiger partial charge in [-0.05, 0) is 42.5 Å². The van der Waals surface area contributed by atoms with Crippen LogP contribution in [-0.2, 0) is 0 Å². The highest BCUT2D eigenvalue weighted by Crippen LogP contribution is 2.34. The number of nitrogens with one attached hydrogen (secondary N) is 2. The highest BCUT2D eigenvalue weighted by Gasteiger charge is 2.18. The minimum absolute atomic E-state index is 0.238. The van der Waals surface area contributed by atoms with E-state index in [-0.39, 0.29) is 5.91 Å². The molecule has 4 rings (SSSR count). The lowest BCUT2D eigenvalue weighted by molar-refractivity contribution is 0.0947. The maximum Gasteiger partial charge on any atom is 0.255 e. The molecule has 1 aromatic heterocycles. The minimum atomic E-state index is -0.238. The second-order valence-corrected chi connectivity index (χ2v) is 6.51. The summed E-state index contributed by atoms with van der Waals surface area (Å²) in [6.07, 6.45) is 1.50. The van der Waals surface area contributed by atoms with Crippen molar-refractivity contribution in [3.63, 3.8) is 0 Å². The van der Waals surface area contributed by atoms with E-state index in [0.29, 0.717) is 59.9 Å². The summed E-state index contributed by atoms with van der Waals surface area (Å²) in [7, 11) is 0. The third kappa shape index (κ3) is 4.04. The Kier molecular flexibility index (Phi) is 5.34. The zero-order chi connectivity index (χ0) is 19.3. The number of fused-ring (bicyclic) bond motifs is 1. The number of hydrogen-bond acceptors (Lipinski definition) is 5. The predicted molar refractivity (Wildman–Crippen MR) is 104 cm³/mol. The molecule has 0 unspecified atom stereocenters. The number of amides is 1. The van der Waals surface area contributed by atoms with E-state index in [1.54, 1.807) is 24.3 Å². The van der Waals surface area contributed by atoms with E-state index in [1.165, 1.54) is 6.20 Å². The van der Waals surface area contributed by atoms with Gasteiger partial charge in [0.2, 0.25) is 0 Å². The van der Waals surface area contributed by atoms with E-state index >= 15 is 0 Å². The second-order valence-electron chi connectivity index (χ2n) is 6.08. The van der Waals surface area contributed by atoms with Crippen LogP contribution < -0.4 is 19.5 Å². The van der Waals surface area contributed by atoms with Crippen LogP contribution in [0.2, 0.25) is 5.02 Å². The molecule has 8 heteroatoms. The number of aromatic amines is 1. The number of rotatable bonds is 6. The van der Waals surface area contributed by atoms with Gasteiger partial charge in [-0.25, -0.2) is 0 Å². The van der Waals surface area contributed by atoms with E-state index in [0.717, 1.165) is 5.56 Å². The molecule has 0 atom stereocenters. The molecule has 28 heavy (non-hydrogen) atoms. The lowest BCUT2D eigenvalue weighted by atomic mass is 10.1. The normalized spacial score (nSPS) is 12.5. The van der Waals surface area contributed by atoms with Crippen LogP contribution in [0.1, 0.15) is 10.4 Å². The summed E-state index contributed by atoms with van der Waals surface area (Å²) in [6, 6.07) is 12.6. The fourth-order valence-electron chi connectivity index (χ4n) is 2.84. The maximum atomic E-state index is 12.5. The van der Waals surface area contributed by atoms with Gasteiger partial charge in [0.1, 0.15) is 25.6 Å². The molecule has 2 heterocycles. The van der Waals surface area contributed by atoms with Gasteiger partial charge in [-0.3, -0.25) is 9.89 Å². The van der Waals surface area contributed by atoms with Gasteiger partial charge in [-0.1, -0.05) is 11.6 Å². The van der Waals surface area contributed by atoms with E-state index in [4.69, 9.17) is 25.8 Å². The fraction of sp³-hybridized carbons (Fsp3) is 0.200. The van der Waals surface area contributed by atoms with Crippen molar-refractivity contribution in [1.29, 1.82) is 0 Å². The molecule has 0 saturated heterocycles. The van der Waals surface area contributed by atoms with Gasteiger partial charge in [0.25, 0.3) is 5.91 Å². The molecule has 0 bridgehead atoms. The first-order valence-corrected chi connectivity index (χ1v) is 9.18. The van der Waals surface area contributed by atoms with Gasteiger partial charge >= 0.3 is 0 Å². The summed E-state index contributed by atoms with van der Waals surface area (Å²) in [5, 5.41) is 10.4. The SMILES string of the molecule is O=C(NCCOc1ccc(Cl)cc1)c1cn[nH]c1-c1ccc2c(c1)OCCO2. The Hall–Kier alpha value is -3.19. The lowest BCUT2D eigenvalue weighted by Crippen LogP contribution is -2.28. The van der Waals surface area contributed by atoms with Crippen molar-refractivity contribution in [2.45, 2.75) is 0 Å². The van der Waals surface area contributed by atoms with E-state index < -0.39 is 0 Å². The smallest absolute Gasteiger partial charge is 0.255 e. The molecular weight excluding hydrogens is 382 g/mol. The van der Waals surface area contributed by atoms with Crippen LogP contribution in [-0.4, -0.2) is 42.5 Å². The molecule has 3 aromatic rings. The van der Waals surface area contributed by atoms with Crippen LogP contribution in [0.25, 0.3) is 11.3 Å². The molecule has 2 aromatic carbocycles. The zero-order valence-electron chi connectivity index (χ0n) is 14.9. The van der Waals surface area contributed by atoms with Crippen molar-refractivity contribution in [2.75, 3.05) is 26.4 Å². The van der Waals surface area contributed by atoms with Crippen LogP contribution in [0.5, 0.6) is 17.2 Å². The number of carbonyl (C=O) groups excluding carboxylic acids is 1. The maximum absolute atomic E-state index is 12.5. The van der Waals surface area contributed by atoms with Gasteiger partial charge in [0.15, 0.2) is 11.5 Å². The van der Waals surface area contributed by atoms with E-state index in [1.807, 2.05) is 18.2 Å². The number of H-pyrrole nitrogens is 1. The third-order valence-corrected chi connectivity index (χ3v) is 4.44. The van der Waals surface area contributed by atoms with Crippen LogP contribution in [0.4, 0.5) is 0 Å². The van der Waals surface area contributed by atoms with Crippen LogP contribution in [0, 0.1) is 0 Å². The number of aromatic nitrogens is 2. The Balaban J connectivity index is 1.38. The van der Waals surface area contributed by atoms with Crippen molar-refractivity contribution < 1.29 is 19.0 Å². The minimum Gasteiger partial charge on any atom is -0.492 e. The predicted octanol–water partition coefficient (Wildman–Crippen LogP) is 3.31. The van der Waals surface area contributed by atoms with E-state index in [2.05, 4.69) is 15.5 Å². The monoisotopic (exact) mass is 399 g/mol. The standard InChI is InChI=1S/C20H18ClN3O4/c21-14-2-4-15(5-3-14)26-8-7-22-20(25)16-12-23-24-19(16)13-1-6-17-18(11-13)28-10-9-27-17/h1-6,11-12H,7-10H2,(H,22,25)(H,23,24). The molecule has 1 amide bonds. The number of benzene rings is 2. The first-order valence-electron chi connectivity index (χ1n) is 8.80. The Morgan fingerprint density at radius 1 is 1.14 bits per heavy atom. The first-order chi connectivity index (χ1) is 13.7. The average Bonchev–Trinajstić information content (AvgIpc) is 3.22. The van der Waals surface area contributed by atoms with Gasteiger partial charge in [0, 0.05) is 10.6 Å². The number of halogens is 1. The molecular formula is C20H18ClN3O4. The highest BCUT2D eigenvalue weighted by molar-refractivity contribution is 6.30. The Morgan fingerprint density at radius 2 is 1.93 bits per heavy atom. The molecule has 0 spiro atoms. The topological polar surface area (TPSA) is 85.5 Å². The number of carbonyl (C=O) groups is 1. The van der Waals surface area contributed by atoms with Crippen molar-refractivity contribution in [1.82, 2.24) is 15.5 Å². The summed E-state index contributed by atoms with van der Waals surface area (Å²) in [6.45, 7) is 1.72. The van der Waals surface area contributed by atoms with Crippen molar-refractivity contribution in [3.8, 4) is 28.5 Å². The van der Waals surface area contributed by atoms with Crippen LogP contribution >= 0.6 is 11.6 Å². The van der Waals surface area contributed by atoms with Gasteiger partial charge in [-0.15, -0.1) is 0 Å². The molecule has 7 nitrogen and oxygen atoms in total. The largest absolute Gasteiger partial charge is 0.492 e. The summed E-state index contributed by atoms with van der Waals surface area (Å²) in [5.74, 6) is 1.80. The lowest BCUT2D eigenvalue weighted by Gasteiger charge is -2.18. The summed E-state index contributed by atoms with van der Waals surface area (Å²) >= 11 is 5.84. The second kappa shape index (κ2) is 8.22. The Bertz CT molecular complexity index is 972. The number of ether oxygens (including phenoxy) is 3. The quantitative estimate of drug-likeness (QED) is 0.621. The van der Waals surface area contributed by atoms with Gasteiger partial charge in [0.05, 0.1) is 24.0 Å². The summed E-state index contributed by atoms with van der Waals surface area (Å²) in [5.41, 5.74) is 1.86. The Morgan fingerprint density at radius 3 is 2.75 bits per heavy atom. The number of nitrogens with zero attached hydrogens (tertiary/aromatic N) is 1. The number of hydrogen-bond donors (Lipinski definition) is 2. The fourth-order valence-corrected chi connectivity index (χ4v) is 2.96. The average molecular weight is 400 g/mol. The van der Waals surface area contributed by atoms with E-state index in [9.17, 15) is 4.79 Å². The molecule has 2 N–H and O–H groups in total. The summed E-state index contributed by atoms with van der Waals surface area (Å²) < 4.78 is 16.7. The van der Waals surface area contributed by atoms with Crippen LogP contribution in [0.3, 0.4) is 0 Å². The molecule has 0 saturated carbocycles. The first kappa shape index (κ1) is 18.2. The van der Waals surface area contributed by atoms with Crippen molar-refractivity contribution in [2.24, 2.45) is 0 Å². The van der Waals surface area contributed by atoms with Crippen molar-refractivity contribution >= 4 is 17.5 Å². The molecule has 144 valence electrons. The van der Waals surface area contributed by atoms with Crippen molar-refractivity contribution in [3.05, 3.63) is 59.2 Å².